The fourth-order valence-electron chi connectivity index (χ4n) is 5.09. The molecule has 0 spiro atoms. The van der Waals surface area contributed by atoms with Gasteiger partial charge in [0.1, 0.15) is 12.3 Å². The number of benzene rings is 1. The number of carbonyl (C=O) groups is 1. The maximum atomic E-state index is 12.9. The Kier molecular flexibility index (Phi) is 7.52. The predicted octanol–water partition coefficient (Wildman–Crippen LogP) is 2.05. The Hall–Kier alpha value is -1.52. The van der Waals surface area contributed by atoms with E-state index in [1.807, 2.05) is 24.3 Å². The Bertz CT molecular complexity index is 876. The molecular formula is C24H32Cl2N2O2. The highest BCUT2D eigenvalue weighted by Crippen LogP contribution is 2.35. The van der Waals surface area contributed by atoms with Crippen LogP contribution in [0.1, 0.15) is 52.3 Å². The first-order valence-corrected chi connectivity index (χ1v) is 11.4. The SMILES string of the molecule is CC(C)[C@@H]1CC[C@H](C)C[C@H]1OC(=O)C[n+]1cc(-c2ccc(Cl)cc2)n2c1CCC2.[Cl-]. The van der Waals surface area contributed by atoms with Gasteiger partial charge < -0.3 is 17.1 Å². The molecule has 30 heavy (non-hydrogen) atoms. The van der Waals surface area contributed by atoms with Gasteiger partial charge >= 0.3 is 5.97 Å². The van der Waals surface area contributed by atoms with Gasteiger partial charge in [-0.05, 0) is 61.3 Å². The molecule has 0 unspecified atom stereocenters. The summed E-state index contributed by atoms with van der Waals surface area (Å²) in [7, 11) is 0. The summed E-state index contributed by atoms with van der Waals surface area (Å²) in [5.41, 5.74) is 2.28. The lowest BCUT2D eigenvalue weighted by molar-refractivity contribution is -0.692. The van der Waals surface area contributed by atoms with E-state index in [0.717, 1.165) is 48.5 Å². The molecule has 1 aliphatic carbocycles. The number of rotatable bonds is 5. The average Bonchev–Trinajstić information content (AvgIpc) is 3.26. The second kappa shape index (κ2) is 9.74. The van der Waals surface area contributed by atoms with E-state index in [1.165, 1.54) is 12.2 Å². The number of hydrogen-bond donors (Lipinski definition) is 0. The van der Waals surface area contributed by atoms with Gasteiger partial charge in [-0.3, -0.25) is 0 Å². The van der Waals surface area contributed by atoms with Crippen molar-refractivity contribution in [1.29, 1.82) is 0 Å². The highest BCUT2D eigenvalue weighted by Gasteiger charge is 2.35. The van der Waals surface area contributed by atoms with Crippen molar-refractivity contribution in [2.45, 2.75) is 72.1 Å². The molecule has 0 amide bonds. The molecule has 3 atom stereocenters. The first-order chi connectivity index (χ1) is 13.9. The lowest BCUT2D eigenvalue weighted by atomic mass is 9.75. The number of fused-ring (bicyclic) bond motifs is 1. The summed E-state index contributed by atoms with van der Waals surface area (Å²) in [6, 6.07) is 7.92. The Morgan fingerprint density at radius 3 is 2.70 bits per heavy atom. The Morgan fingerprint density at radius 1 is 1.27 bits per heavy atom. The zero-order chi connectivity index (χ0) is 20.5. The van der Waals surface area contributed by atoms with Crippen LogP contribution >= 0.6 is 11.6 Å². The van der Waals surface area contributed by atoms with E-state index in [2.05, 4.69) is 36.1 Å². The monoisotopic (exact) mass is 450 g/mol. The van der Waals surface area contributed by atoms with Crippen LogP contribution in [0, 0.1) is 17.8 Å². The number of esters is 1. The summed E-state index contributed by atoms with van der Waals surface area (Å²) in [5.74, 6) is 2.76. The van der Waals surface area contributed by atoms with Crippen LogP contribution in [0.25, 0.3) is 11.3 Å². The van der Waals surface area contributed by atoms with Crippen molar-refractivity contribution in [1.82, 2.24) is 4.57 Å². The smallest absolute Gasteiger partial charge is 0.348 e. The number of nitrogens with zero attached hydrogens (tertiary/aromatic N) is 2. The van der Waals surface area contributed by atoms with Crippen molar-refractivity contribution >= 4 is 17.6 Å². The molecule has 6 heteroatoms. The van der Waals surface area contributed by atoms with Crippen LogP contribution in [0.3, 0.4) is 0 Å². The third kappa shape index (κ3) is 4.86. The van der Waals surface area contributed by atoms with Gasteiger partial charge in [0.2, 0.25) is 0 Å². The van der Waals surface area contributed by atoms with Crippen LogP contribution < -0.4 is 17.0 Å². The summed E-state index contributed by atoms with van der Waals surface area (Å²) < 4.78 is 10.5. The van der Waals surface area contributed by atoms with Crippen molar-refractivity contribution in [3.05, 3.63) is 41.3 Å². The van der Waals surface area contributed by atoms with Gasteiger partial charge in [-0.1, -0.05) is 38.8 Å². The van der Waals surface area contributed by atoms with Gasteiger partial charge in [0.15, 0.2) is 12.2 Å². The number of hydrogen-bond acceptors (Lipinski definition) is 2. The van der Waals surface area contributed by atoms with Gasteiger partial charge in [-0.25, -0.2) is 13.9 Å². The zero-order valence-corrected chi connectivity index (χ0v) is 19.6. The van der Waals surface area contributed by atoms with Crippen molar-refractivity contribution in [2.75, 3.05) is 0 Å². The molecule has 2 aliphatic rings. The molecule has 0 bridgehead atoms. The molecule has 2 aromatic rings. The van der Waals surface area contributed by atoms with Gasteiger partial charge in [0.25, 0.3) is 5.82 Å². The molecule has 1 aromatic carbocycles. The molecule has 1 fully saturated rings. The normalized spacial score (nSPS) is 23.2. The molecule has 4 nitrogen and oxygen atoms in total. The van der Waals surface area contributed by atoms with Gasteiger partial charge in [-0.2, -0.15) is 0 Å². The lowest BCUT2D eigenvalue weighted by Gasteiger charge is -2.36. The number of halogens is 2. The zero-order valence-electron chi connectivity index (χ0n) is 18.1. The standard InChI is InChI=1S/C24H32ClN2O2.ClH/c1-16(2)20-11-6-17(3)13-22(20)29-24(28)15-26-14-21(27-12-4-5-23(26)27)18-7-9-19(25)10-8-18;/h7-10,14,16-17,20,22H,4-6,11-13,15H2,1-3H3;1H/q+1;/p-1/t17-,20-,22+;/m0./s1. The largest absolute Gasteiger partial charge is 1.00 e. The summed E-state index contributed by atoms with van der Waals surface area (Å²) >= 11 is 6.05. The van der Waals surface area contributed by atoms with E-state index in [1.54, 1.807) is 0 Å². The minimum Gasteiger partial charge on any atom is -1.00 e. The van der Waals surface area contributed by atoms with E-state index in [9.17, 15) is 4.79 Å². The van der Waals surface area contributed by atoms with Crippen molar-refractivity contribution in [3.63, 3.8) is 0 Å². The molecule has 0 N–H and O–H groups in total. The van der Waals surface area contributed by atoms with E-state index >= 15 is 0 Å². The minimum atomic E-state index is -0.109. The van der Waals surface area contributed by atoms with Gasteiger partial charge in [0, 0.05) is 10.6 Å². The topological polar surface area (TPSA) is 35.1 Å². The van der Waals surface area contributed by atoms with Crippen molar-refractivity contribution in [2.24, 2.45) is 17.8 Å². The summed E-state index contributed by atoms with van der Waals surface area (Å²) in [5, 5.41) is 0.736. The van der Waals surface area contributed by atoms with Crippen LogP contribution in [0.4, 0.5) is 0 Å². The quantitative estimate of drug-likeness (QED) is 0.516. The molecule has 1 saturated carbocycles. The number of aromatic nitrogens is 2. The van der Waals surface area contributed by atoms with Crippen LogP contribution in [0.15, 0.2) is 30.5 Å². The number of imidazole rings is 1. The highest BCUT2D eigenvalue weighted by molar-refractivity contribution is 6.30. The third-order valence-corrected chi connectivity index (χ3v) is 6.93. The number of ether oxygens (including phenoxy) is 1. The summed E-state index contributed by atoms with van der Waals surface area (Å²) in [4.78, 5) is 12.9. The van der Waals surface area contributed by atoms with Crippen molar-refractivity contribution < 1.29 is 26.5 Å². The molecule has 1 aromatic heterocycles. The van der Waals surface area contributed by atoms with E-state index in [0.29, 0.717) is 24.3 Å². The first-order valence-electron chi connectivity index (χ1n) is 11.0. The van der Waals surface area contributed by atoms with Crippen LogP contribution in [0.5, 0.6) is 0 Å². The van der Waals surface area contributed by atoms with E-state index in [-0.39, 0.29) is 24.5 Å². The maximum absolute atomic E-state index is 12.9. The van der Waals surface area contributed by atoms with Crippen LogP contribution in [0.2, 0.25) is 5.02 Å². The fourth-order valence-corrected chi connectivity index (χ4v) is 5.22. The predicted molar refractivity (Wildman–Crippen MR) is 115 cm³/mol. The Morgan fingerprint density at radius 2 is 2.00 bits per heavy atom. The van der Waals surface area contributed by atoms with Crippen molar-refractivity contribution in [3.8, 4) is 11.3 Å². The molecule has 4 rings (SSSR count). The molecule has 0 radical (unpaired) electrons. The second-order valence-electron chi connectivity index (χ2n) is 9.17. The second-order valence-corrected chi connectivity index (χ2v) is 9.61. The first kappa shape index (κ1) is 23.1. The van der Waals surface area contributed by atoms with Gasteiger partial charge in [-0.15, -0.1) is 0 Å². The average molecular weight is 451 g/mol. The van der Waals surface area contributed by atoms with E-state index < -0.39 is 0 Å². The molecule has 164 valence electrons. The van der Waals surface area contributed by atoms with Crippen LogP contribution in [-0.2, 0) is 29.0 Å². The minimum absolute atomic E-state index is 0. The molecule has 1 aliphatic heterocycles. The van der Waals surface area contributed by atoms with E-state index in [4.69, 9.17) is 16.3 Å². The fraction of sp³-hybridized carbons (Fsp3) is 0.583. The van der Waals surface area contributed by atoms with Crippen LogP contribution in [-0.4, -0.2) is 16.6 Å². The summed E-state index contributed by atoms with van der Waals surface area (Å²) in [6.07, 6.45) is 7.65. The molecular weight excluding hydrogens is 419 g/mol. The molecule has 2 heterocycles. The highest BCUT2D eigenvalue weighted by atomic mass is 35.5. The molecule has 0 saturated heterocycles. The third-order valence-electron chi connectivity index (χ3n) is 6.68. The Labute approximate surface area is 191 Å². The number of carbonyl (C=O) groups excluding carboxylic acids is 1. The van der Waals surface area contributed by atoms with Gasteiger partial charge in [0.05, 0.1) is 13.0 Å². The lowest BCUT2D eigenvalue weighted by Crippen LogP contribution is -3.00. The maximum Gasteiger partial charge on any atom is 0.348 e. The Balaban J connectivity index is 0.00000256. The summed E-state index contributed by atoms with van der Waals surface area (Å²) in [6.45, 7) is 8.04.